The highest BCUT2D eigenvalue weighted by Crippen LogP contribution is 2.18. The number of carbonyl (C=O) groups is 2. The summed E-state index contributed by atoms with van der Waals surface area (Å²) in [7, 11) is 1.59. The van der Waals surface area contributed by atoms with Gasteiger partial charge in [0.2, 0.25) is 11.8 Å². The number of ether oxygens (including phenoxy) is 1. The Kier molecular flexibility index (Phi) is 6.89. The Morgan fingerprint density at radius 2 is 1.80 bits per heavy atom. The number of thioether (sulfide) groups is 1. The minimum absolute atomic E-state index is 0.125. The summed E-state index contributed by atoms with van der Waals surface area (Å²) in [4.78, 5) is 24.2. The average Bonchev–Trinajstić information content (AvgIpc) is 2.60. The highest BCUT2D eigenvalue weighted by molar-refractivity contribution is 8.01. The maximum absolute atomic E-state index is 12.2. The lowest BCUT2D eigenvalue weighted by Crippen LogP contribution is -2.25. The summed E-state index contributed by atoms with van der Waals surface area (Å²) in [5, 5.41) is 5.32. The predicted octanol–water partition coefficient (Wildman–Crippen LogP) is 3.70. The van der Waals surface area contributed by atoms with Gasteiger partial charge in [0.05, 0.1) is 18.1 Å². The fourth-order valence-electron chi connectivity index (χ4n) is 2.11. The zero-order valence-corrected chi connectivity index (χ0v) is 15.4. The average molecular weight is 358 g/mol. The minimum atomic E-state index is -0.342. The first-order valence-corrected chi connectivity index (χ1v) is 8.96. The molecule has 0 aliphatic rings. The van der Waals surface area contributed by atoms with Crippen LogP contribution in [0.2, 0.25) is 0 Å². The van der Waals surface area contributed by atoms with Gasteiger partial charge in [-0.25, -0.2) is 0 Å². The predicted molar refractivity (Wildman–Crippen MR) is 103 cm³/mol. The largest absolute Gasteiger partial charge is 0.497 e. The van der Waals surface area contributed by atoms with Gasteiger partial charge in [-0.2, -0.15) is 0 Å². The van der Waals surface area contributed by atoms with E-state index in [9.17, 15) is 9.59 Å². The monoisotopic (exact) mass is 358 g/mol. The Bertz CT molecular complexity index is 732. The molecule has 25 heavy (non-hydrogen) atoms. The van der Waals surface area contributed by atoms with Gasteiger partial charge in [-0.05, 0) is 55.8 Å². The Labute approximate surface area is 152 Å². The summed E-state index contributed by atoms with van der Waals surface area (Å²) < 4.78 is 5.08. The van der Waals surface area contributed by atoms with Crippen LogP contribution in [0.4, 0.5) is 11.4 Å². The standard InChI is InChI=1S/C19H22N2O3S/c1-13-5-4-6-16(11-13)20-18(22)12-25-14(2)19(23)21-15-7-9-17(24-3)10-8-15/h4-11,14H,12H2,1-3H3,(H,20,22)(H,21,23)/t14-/m0/s1. The Morgan fingerprint density at radius 1 is 1.08 bits per heavy atom. The van der Waals surface area contributed by atoms with Gasteiger partial charge in [-0.1, -0.05) is 12.1 Å². The molecular weight excluding hydrogens is 336 g/mol. The van der Waals surface area contributed by atoms with E-state index >= 15 is 0 Å². The van der Waals surface area contributed by atoms with Crippen LogP contribution in [0.15, 0.2) is 48.5 Å². The highest BCUT2D eigenvalue weighted by atomic mass is 32.2. The van der Waals surface area contributed by atoms with Gasteiger partial charge in [0, 0.05) is 11.4 Å². The highest BCUT2D eigenvalue weighted by Gasteiger charge is 2.15. The van der Waals surface area contributed by atoms with E-state index in [1.54, 1.807) is 38.3 Å². The molecule has 1 atom stereocenters. The van der Waals surface area contributed by atoms with Crippen molar-refractivity contribution in [2.75, 3.05) is 23.5 Å². The fourth-order valence-corrected chi connectivity index (χ4v) is 2.80. The van der Waals surface area contributed by atoms with E-state index in [0.717, 1.165) is 17.0 Å². The molecule has 2 rings (SSSR count). The number of aryl methyl sites for hydroxylation is 1. The molecule has 5 nitrogen and oxygen atoms in total. The van der Waals surface area contributed by atoms with Crippen LogP contribution >= 0.6 is 11.8 Å². The molecule has 6 heteroatoms. The molecule has 0 bridgehead atoms. The number of benzene rings is 2. The lowest BCUT2D eigenvalue weighted by molar-refractivity contribution is -0.115. The van der Waals surface area contributed by atoms with E-state index in [-0.39, 0.29) is 22.8 Å². The van der Waals surface area contributed by atoms with Crippen molar-refractivity contribution in [2.45, 2.75) is 19.1 Å². The van der Waals surface area contributed by atoms with Gasteiger partial charge >= 0.3 is 0 Å². The summed E-state index contributed by atoms with van der Waals surface area (Å²) in [6.45, 7) is 3.75. The van der Waals surface area contributed by atoms with Gasteiger partial charge in [-0.15, -0.1) is 11.8 Å². The molecule has 2 aromatic carbocycles. The van der Waals surface area contributed by atoms with Crippen molar-refractivity contribution in [1.82, 2.24) is 0 Å². The quantitative estimate of drug-likeness (QED) is 0.792. The van der Waals surface area contributed by atoms with Crippen LogP contribution < -0.4 is 15.4 Å². The number of carbonyl (C=O) groups excluding carboxylic acids is 2. The normalized spacial score (nSPS) is 11.5. The number of hydrogen-bond acceptors (Lipinski definition) is 4. The molecule has 0 aliphatic carbocycles. The second-order valence-corrected chi connectivity index (χ2v) is 6.92. The van der Waals surface area contributed by atoms with Gasteiger partial charge in [0.25, 0.3) is 0 Å². The van der Waals surface area contributed by atoms with Crippen LogP contribution in [-0.4, -0.2) is 29.9 Å². The molecule has 0 aliphatic heterocycles. The van der Waals surface area contributed by atoms with Gasteiger partial charge in [0.15, 0.2) is 0 Å². The van der Waals surface area contributed by atoms with Crippen molar-refractivity contribution in [3.63, 3.8) is 0 Å². The van der Waals surface area contributed by atoms with Crippen molar-refractivity contribution in [2.24, 2.45) is 0 Å². The van der Waals surface area contributed by atoms with Crippen LogP contribution in [0.3, 0.4) is 0 Å². The third kappa shape index (κ3) is 6.15. The van der Waals surface area contributed by atoms with Crippen molar-refractivity contribution in [3.05, 3.63) is 54.1 Å². The number of rotatable bonds is 7. The summed E-state index contributed by atoms with van der Waals surface area (Å²) in [6, 6.07) is 14.7. The molecule has 0 saturated carbocycles. The van der Waals surface area contributed by atoms with Gasteiger partial charge in [0.1, 0.15) is 5.75 Å². The van der Waals surface area contributed by atoms with E-state index in [1.165, 1.54) is 11.8 Å². The number of methoxy groups -OCH3 is 1. The lowest BCUT2D eigenvalue weighted by atomic mass is 10.2. The van der Waals surface area contributed by atoms with Crippen molar-refractivity contribution in [3.8, 4) is 5.75 Å². The first-order chi connectivity index (χ1) is 12.0. The zero-order valence-electron chi connectivity index (χ0n) is 14.5. The third-order valence-electron chi connectivity index (χ3n) is 3.49. The second-order valence-electron chi connectivity index (χ2n) is 5.59. The topological polar surface area (TPSA) is 67.4 Å². The number of anilines is 2. The number of amides is 2. The lowest BCUT2D eigenvalue weighted by Gasteiger charge is -2.12. The molecule has 0 unspecified atom stereocenters. The maximum Gasteiger partial charge on any atom is 0.237 e. The van der Waals surface area contributed by atoms with E-state index < -0.39 is 0 Å². The molecule has 2 aromatic rings. The summed E-state index contributed by atoms with van der Waals surface area (Å²) in [5.41, 5.74) is 2.54. The van der Waals surface area contributed by atoms with Crippen molar-refractivity contribution < 1.29 is 14.3 Å². The molecule has 2 amide bonds. The Hall–Kier alpha value is -2.47. The molecule has 2 N–H and O–H groups in total. The number of hydrogen-bond donors (Lipinski definition) is 2. The van der Waals surface area contributed by atoms with E-state index in [0.29, 0.717) is 5.69 Å². The third-order valence-corrected chi connectivity index (χ3v) is 4.64. The molecule has 0 aromatic heterocycles. The molecule has 0 heterocycles. The number of nitrogens with one attached hydrogen (secondary N) is 2. The molecule has 0 fully saturated rings. The summed E-state index contributed by atoms with van der Waals surface area (Å²) in [6.07, 6.45) is 0. The Balaban J connectivity index is 1.79. The minimum Gasteiger partial charge on any atom is -0.497 e. The second kappa shape index (κ2) is 9.13. The van der Waals surface area contributed by atoms with E-state index in [2.05, 4.69) is 10.6 Å². The Morgan fingerprint density at radius 3 is 2.44 bits per heavy atom. The zero-order chi connectivity index (χ0) is 18.2. The molecule has 0 radical (unpaired) electrons. The van der Waals surface area contributed by atoms with Crippen LogP contribution in [0.1, 0.15) is 12.5 Å². The first kappa shape index (κ1) is 18.9. The molecular formula is C19H22N2O3S. The first-order valence-electron chi connectivity index (χ1n) is 7.91. The summed E-state index contributed by atoms with van der Waals surface area (Å²) >= 11 is 1.29. The van der Waals surface area contributed by atoms with Crippen molar-refractivity contribution in [1.29, 1.82) is 0 Å². The van der Waals surface area contributed by atoms with E-state index in [4.69, 9.17) is 4.74 Å². The van der Waals surface area contributed by atoms with Gasteiger partial charge < -0.3 is 15.4 Å². The molecule has 0 saturated heterocycles. The smallest absolute Gasteiger partial charge is 0.237 e. The van der Waals surface area contributed by atoms with E-state index in [1.807, 2.05) is 31.2 Å². The molecule has 132 valence electrons. The SMILES string of the molecule is COc1ccc(NC(=O)[C@H](C)SCC(=O)Nc2cccc(C)c2)cc1. The molecule has 0 spiro atoms. The summed E-state index contributed by atoms with van der Waals surface area (Å²) in [5.74, 6) is 0.678. The van der Waals surface area contributed by atoms with Crippen molar-refractivity contribution >= 4 is 35.0 Å². The van der Waals surface area contributed by atoms with Gasteiger partial charge in [-0.3, -0.25) is 9.59 Å². The van der Waals surface area contributed by atoms with Crippen LogP contribution in [0, 0.1) is 6.92 Å². The maximum atomic E-state index is 12.2. The van der Waals surface area contributed by atoms with Crippen LogP contribution in [0.25, 0.3) is 0 Å². The van der Waals surface area contributed by atoms with Crippen LogP contribution in [0.5, 0.6) is 5.75 Å². The fraction of sp³-hybridized carbons (Fsp3) is 0.263. The van der Waals surface area contributed by atoms with Crippen LogP contribution in [-0.2, 0) is 9.59 Å².